The van der Waals surface area contributed by atoms with E-state index in [0.29, 0.717) is 36.6 Å². The summed E-state index contributed by atoms with van der Waals surface area (Å²) < 4.78 is 36.7. The molecular formula is C29H31F2N5OS. The number of hydrogen-bond acceptors (Lipinski definition) is 7. The number of fused-ring (bicyclic) bond motifs is 2. The van der Waals surface area contributed by atoms with E-state index in [0.717, 1.165) is 31.7 Å². The van der Waals surface area contributed by atoms with Gasteiger partial charge in [0.15, 0.2) is 17.4 Å². The zero-order chi connectivity index (χ0) is 26.4. The number of benzene rings is 2. The maximum Gasteiger partial charge on any atom is 0.178 e. The lowest BCUT2D eigenvalue weighted by molar-refractivity contribution is 0.287. The predicted molar refractivity (Wildman–Crippen MR) is 150 cm³/mol. The van der Waals surface area contributed by atoms with Gasteiger partial charge in [-0.05, 0) is 56.1 Å². The Morgan fingerprint density at radius 2 is 1.82 bits per heavy atom. The average molecular weight is 536 g/mol. The second-order valence-corrected chi connectivity index (χ2v) is 11.4. The first-order valence-corrected chi connectivity index (χ1v) is 13.9. The summed E-state index contributed by atoms with van der Waals surface area (Å²) in [6.07, 6.45) is 1.64. The molecule has 2 aliphatic heterocycles. The van der Waals surface area contributed by atoms with Crippen LogP contribution < -0.4 is 14.5 Å². The maximum absolute atomic E-state index is 15.0. The number of ether oxygens (including phenoxy) is 1. The van der Waals surface area contributed by atoms with E-state index >= 15 is 4.39 Å². The Kier molecular flexibility index (Phi) is 6.65. The monoisotopic (exact) mass is 535 g/mol. The fourth-order valence-corrected chi connectivity index (χ4v) is 6.38. The number of likely N-dealkylation sites (N-methyl/N-ethyl adjacent to an activating group) is 1. The molecule has 6 rings (SSSR count). The molecule has 1 saturated heterocycles. The van der Waals surface area contributed by atoms with Gasteiger partial charge in [-0.25, -0.2) is 18.7 Å². The summed E-state index contributed by atoms with van der Waals surface area (Å²) in [5.74, 6) is -0.386. The third-order valence-corrected chi connectivity index (χ3v) is 8.51. The Balaban J connectivity index is 1.28. The molecule has 0 saturated carbocycles. The lowest BCUT2D eigenvalue weighted by Crippen LogP contribution is -2.44. The largest absolute Gasteiger partial charge is 0.486 e. The number of anilines is 2. The molecule has 0 unspecified atom stereocenters. The van der Waals surface area contributed by atoms with Gasteiger partial charge >= 0.3 is 0 Å². The second-order valence-electron chi connectivity index (χ2n) is 10.3. The number of nitrogens with zero attached hydrogens (tertiary/aromatic N) is 5. The van der Waals surface area contributed by atoms with Crippen LogP contribution in [0.4, 0.5) is 19.5 Å². The molecule has 1 fully saturated rings. The molecule has 0 aliphatic carbocycles. The van der Waals surface area contributed by atoms with Crippen molar-refractivity contribution >= 4 is 32.1 Å². The highest BCUT2D eigenvalue weighted by Crippen LogP contribution is 2.39. The molecule has 4 heterocycles. The van der Waals surface area contributed by atoms with Gasteiger partial charge < -0.3 is 19.4 Å². The van der Waals surface area contributed by atoms with Crippen LogP contribution in [-0.4, -0.2) is 67.3 Å². The van der Waals surface area contributed by atoms with Gasteiger partial charge in [0.25, 0.3) is 0 Å². The number of thiophene rings is 1. The van der Waals surface area contributed by atoms with Crippen molar-refractivity contribution in [2.75, 3.05) is 56.2 Å². The minimum atomic E-state index is -0.577. The van der Waals surface area contributed by atoms with E-state index in [1.165, 1.54) is 27.4 Å². The van der Waals surface area contributed by atoms with Crippen molar-refractivity contribution in [3.63, 3.8) is 0 Å². The standard InChI is InChI=1S/C29H31F2N5OS/c1-18(2)36-10-11-37-29-22(30)14-21(15-24(29)36)28-23(31)17-32-26(33-28)13-19-4-5-20-16-27(38-25(20)12-19)35-8-6-34(3)7-9-35/h4-5,12,14-18H,6-11,13H2,1-3H3. The summed E-state index contributed by atoms with van der Waals surface area (Å²) in [6, 6.07) is 11.9. The number of hydrogen-bond donors (Lipinski definition) is 0. The third kappa shape index (κ3) is 4.80. The first kappa shape index (κ1) is 25.0. The molecule has 9 heteroatoms. The van der Waals surface area contributed by atoms with Crippen LogP contribution in [-0.2, 0) is 6.42 Å². The van der Waals surface area contributed by atoms with E-state index in [4.69, 9.17) is 4.74 Å². The molecule has 0 spiro atoms. The summed E-state index contributed by atoms with van der Waals surface area (Å²) in [5.41, 5.74) is 2.16. The lowest BCUT2D eigenvalue weighted by atomic mass is 10.1. The van der Waals surface area contributed by atoms with Crippen LogP contribution in [0.3, 0.4) is 0 Å². The minimum Gasteiger partial charge on any atom is -0.486 e. The predicted octanol–water partition coefficient (Wildman–Crippen LogP) is 5.59. The van der Waals surface area contributed by atoms with Gasteiger partial charge in [0, 0.05) is 48.9 Å². The third-order valence-electron chi connectivity index (χ3n) is 7.35. The fourth-order valence-electron chi connectivity index (χ4n) is 5.20. The van der Waals surface area contributed by atoms with Gasteiger partial charge in [0.1, 0.15) is 18.1 Å². The Morgan fingerprint density at radius 1 is 1.00 bits per heavy atom. The normalized spacial score (nSPS) is 16.3. The van der Waals surface area contributed by atoms with Crippen LogP contribution in [0.5, 0.6) is 5.75 Å². The van der Waals surface area contributed by atoms with E-state index in [-0.39, 0.29) is 17.5 Å². The molecule has 6 nitrogen and oxygen atoms in total. The lowest BCUT2D eigenvalue weighted by Gasteiger charge is -2.34. The SMILES string of the molecule is CC(C)N1CCOc2c(F)cc(-c3nc(Cc4ccc5cc(N6CCN(C)CC6)sc5c4)ncc3F)cc21. The summed E-state index contributed by atoms with van der Waals surface area (Å²) >= 11 is 1.80. The van der Waals surface area contributed by atoms with E-state index in [9.17, 15) is 4.39 Å². The summed E-state index contributed by atoms with van der Waals surface area (Å²) in [5, 5.41) is 2.51. The molecule has 0 bridgehead atoms. The molecule has 0 radical (unpaired) electrons. The first-order chi connectivity index (χ1) is 18.4. The van der Waals surface area contributed by atoms with Crippen molar-refractivity contribution in [3.8, 4) is 17.0 Å². The zero-order valence-electron chi connectivity index (χ0n) is 21.9. The van der Waals surface area contributed by atoms with Gasteiger partial charge in [-0.15, -0.1) is 11.3 Å². The highest BCUT2D eigenvalue weighted by atomic mass is 32.1. The van der Waals surface area contributed by atoms with E-state index in [2.05, 4.69) is 56.0 Å². The molecule has 0 N–H and O–H groups in total. The Bertz CT molecular complexity index is 1480. The molecular weight excluding hydrogens is 504 g/mol. The second kappa shape index (κ2) is 10.1. The van der Waals surface area contributed by atoms with Crippen molar-refractivity contribution in [1.29, 1.82) is 0 Å². The molecule has 4 aromatic rings. The summed E-state index contributed by atoms with van der Waals surface area (Å²) in [7, 11) is 2.16. The first-order valence-electron chi connectivity index (χ1n) is 13.1. The zero-order valence-corrected chi connectivity index (χ0v) is 22.7. The van der Waals surface area contributed by atoms with Crippen molar-refractivity contribution < 1.29 is 13.5 Å². The van der Waals surface area contributed by atoms with E-state index in [1.807, 2.05) is 13.8 Å². The summed E-state index contributed by atoms with van der Waals surface area (Å²) in [4.78, 5) is 15.7. The molecule has 2 aromatic heterocycles. The Labute approximate surface area is 225 Å². The molecule has 2 aliphatic rings. The molecule has 0 atom stereocenters. The van der Waals surface area contributed by atoms with Crippen molar-refractivity contribution in [2.45, 2.75) is 26.3 Å². The number of piperazine rings is 1. The minimum absolute atomic E-state index is 0.0977. The fraction of sp³-hybridized carbons (Fsp3) is 0.379. The van der Waals surface area contributed by atoms with Gasteiger partial charge in [0.2, 0.25) is 0 Å². The van der Waals surface area contributed by atoms with Crippen molar-refractivity contribution in [2.24, 2.45) is 0 Å². The highest BCUT2D eigenvalue weighted by molar-refractivity contribution is 7.22. The number of halogens is 2. The van der Waals surface area contributed by atoms with Gasteiger partial charge in [0.05, 0.1) is 23.4 Å². The molecule has 198 valence electrons. The van der Waals surface area contributed by atoms with E-state index in [1.54, 1.807) is 17.4 Å². The van der Waals surface area contributed by atoms with Crippen LogP contribution in [0, 0.1) is 11.6 Å². The van der Waals surface area contributed by atoms with Crippen LogP contribution in [0.15, 0.2) is 42.6 Å². The Hall–Kier alpha value is -3.30. The smallest absolute Gasteiger partial charge is 0.178 e. The number of rotatable bonds is 5. The van der Waals surface area contributed by atoms with Crippen molar-refractivity contribution in [1.82, 2.24) is 14.9 Å². The van der Waals surface area contributed by atoms with Gasteiger partial charge in [-0.3, -0.25) is 0 Å². The molecule has 0 amide bonds. The van der Waals surface area contributed by atoms with Crippen LogP contribution in [0.1, 0.15) is 25.2 Å². The maximum atomic E-state index is 15.0. The molecule has 38 heavy (non-hydrogen) atoms. The van der Waals surface area contributed by atoms with Crippen LogP contribution in [0.25, 0.3) is 21.3 Å². The highest BCUT2D eigenvalue weighted by Gasteiger charge is 2.26. The average Bonchev–Trinajstić information content (AvgIpc) is 3.33. The molecule has 2 aromatic carbocycles. The van der Waals surface area contributed by atoms with Crippen LogP contribution in [0.2, 0.25) is 0 Å². The Morgan fingerprint density at radius 3 is 2.61 bits per heavy atom. The van der Waals surface area contributed by atoms with Crippen molar-refractivity contribution in [3.05, 3.63) is 65.6 Å². The van der Waals surface area contributed by atoms with Crippen LogP contribution >= 0.6 is 11.3 Å². The topological polar surface area (TPSA) is 44.7 Å². The quantitative estimate of drug-likeness (QED) is 0.332. The number of aromatic nitrogens is 2. The summed E-state index contributed by atoms with van der Waals surface area (Å²) in [6.45, 7) is 9.36. The van der Waals surface area contributed by atoms with E-state index < -0.39 is 11.6 Å². The van der Waals surface area contributed by atoms with Gasteiger partial charge in [-0.2, -0.15) is 0 Å². The van der Waals surface area contributed by atoms with Gasteiger partial charge in [-0.1, -0.05) is 12.1 Å².